The van der Waals surface area contributed by atoms with Crippen LogP contribution in [0.1, 0.15) is 24.0 Å². The van der Waals surface area contributed by atoms with E-state index in [-0.39, 0.29) is 5.91 Å². The van der Waals surface area contributed by atoms with Gasteiger partial charge in [-0.2, -0.15) is 0 Å². The standard InChI is InChI=1S/C24H24BrNO3/c1-18-9-14-23(22(25)16-18)28-15-5-8-24(27)26-20-10-12-21(13-11-20)29-17-19-6-3-2-4-7-19/h2-4,6-7,9-14,16H,5,8,15,17H2,1H3,(H,26,27). The summed E-state index contributed by atoms with van der Waals surface area (Å²) in [6.45, 7) is 3.03. The van der Waals surface area contributed by atoms with Crippen molar-refractivity contribution < 1.29 is 14.3 Å². The van der Waals surface area contributed by atoms with Gasteiger partial charge in [-0.05, 0) is 76.8 Å². The van der Waals surface area contributed by atoms with E-state index in [0.717, 1.165) is 27.2 Å². The second-order valence-electron chi connectivity index (χ2n) is 6.73. The Hall–Kier alpha value is -2.79. The first kappa shape index (κ1) is 20.9. The lowest BCUT2D eigenvalue weighted by molar-refractivity contribution is -0.116. The third-order valence-corrected chi connectivity index (χ3v) is 4.90. The topological polar surface area (TPSA) is 47.6 Å². The SMILES string of the molecule is Cc1ccc(OCCCC(=O)Nc2ccc(OCc3ccccc3)cc2)c(Br)c1. The number of carbonyl (C=O) groups is 1. The molecule has 0 aliphatic rings. The van der Waals surface area contributed by atoms with E-state index in [2.05, 4.69) is 21.2 Å². The van der Waals surface area contributed by atoms with Crippen LogP contribution in [0.5, 0.6) is 11.5 Å². The molecule has 1 N–H and O–H groups in total. The Balaban J connectivity index is 1.37. The summed E-state index contributed by atoms with van der Waals surface area (Å²) >= 11 is 3.49. The van der Waals surface area contributed by atoms with Gasteiger partial charge in [-0.15, -0.1) is 0 Å². The van der Waals surface area contributed by atoms with Crippen molar-refractivity contribution >= 4 is 27.5 Å². The van der Waals surface area contributed by atoms with Gasteiger partial charge in [0.15, 0.2) is 0 Å². The number of aryl methyl sites for hydroxylation is 1. The van der Waals surface area contributed by atoms with Crippen molar-refractivity contribution in [3.05, 3.63) is 88.4 Å². The molecule has 150 valence electrons. The minimum absolute atomic E-state index is 0.0328. The van der Waals surface area contributed by atoms with Gasteiger partial charge in [0.25, 0.3) is 0 Å². The predicted octanol–water partition coefficient (Wildman–Crippen LogP) is 6.13. The van der Waals surface area contributed by atoms with Gasteiger partial charge in [0.1, 0.15) is 18.1 Å². The van der Waals surface area contributed by atoms with Crippen molar-refractivity contribution in [2.45, 2.75) is 26.4 Å². The average molecular weight is 454 g/mol. The molecule has 1 amide bonds. The number of carbonyl (C=O) groups excluding carboxylic acids is 1. The molecule has 0 saturated carbocycles. The number of hydrogen-bond acceptors (Lipinski definition) is 3. The molecule has 3 aromatic rings. The van der Waals surface area contributed by atoms with Crippen LogP contribution in [0.15, 0.2) is 77.3 Å². The quantitative estimate of drug-likeness (QED) is 0.396. The Morgan fingerprint density at radius 3 is 2.45 bits per heavy atom. The minimum Gasteiger partial charge on any atom is -0.492 e. The Morgan fingerprint density at radius 2 is 1.72 bits per heavy atom. The van der Waals surface area contributed by atoms with Crippen LogP contribution in [0.4, 0.5) is 5.69 Å². The first-order valence-electron chi connectivity index (χ1n) is 9.56. The van der Waals surface area contributed by atoms with E-state index < -0.39 is 0 Å². The molecule has 29 heavy (non-hydrogen) atoms. The monoisotopic (exact) mass is 453 g/mol. The third kappa shape index (κ3) is 6.95. The van der Waals surface area contributed by atoms with E-state index >= 15 is 0 Å². The van der Waals surface area contributed by atoms with Gasteiger partial charge in [0.2, 0.25) is 5.91 Å². The van der Waals surface area contributed by atoms with Gasteiger partial charge in [-0.25, -0.2) is 0 Å². The molecule has 3 rings (SSSR count). The molecule has 3 aromatic carbocycles. The van der Waals surface area contributed by atoms with Crippen molar-refractivity contribution in [2.24, 2.45) is 0 Å². The van der Waals surface area contributed by atoms with Crippen LogP contribution >= 0.6 is 15.9 Å². The average Bonchev–Trinajstić information content (AvgIpc) is 2.73. The summed E-state index contributed by atoms with van der Waals surface area (Å²) in [6.07, 6.45) is 1.04. The number of amides is 1. The summed E-state index contributed by atoms with van der Waals surface area (Å²) in [4.78, 5) is 12.1. The predicted molar refractivity (Wildman–Crippen MR) is 119 cm³/mol. The van der Waals surface area contributed by atoms with Crippen molar-refractivity contribution in [3.63, 3.8) is 0 Å². The first-order chi connectivity index (χ1) is 14.1. The zero-order valence-corrected chi connectivity index (χ0v) is 17.9. The molecule has 0 radical (unpaired) electrons. The Kier molecular flexibility index (Phi) is 7.70. The number of benzene rings is 3. The highest BCUT2D eigenvalue weighted by molar-refractivity contribution is 9.10. The number of rotatable bonds is 9. The van der Waals surface area contributed by atoms with E-state index in [1.165, 1.54) is 5.56 Å². The van der Waals surface area contributed by atoms with Crippen molar-refractivity contribution in [1.29, 1.82) is 0 Å². The molecule has 0 fully saturated rings. The summed E-state index contributed by atoms with van der Waals surface area (Å²) < 4.78 is 12.4. The maximum absolute atomic E-state index is 12.1. The number of halogens is 1. The largest absolute Gasteiger partial charge is 0.492 e. The van der Waals surface area contributed by atoms with Crippen LogP contribution in [0.3, 0.4) is 0 Å². The fourth-order valence-electron chi connectivity index (χ4n) is 2.74. The van der Waals surface area contributed by atoms with Crippen LogP contribution in [-0.4, -0.2) is 12.5 Å². The number of hydrogen-bond donors (Lipinski definition) is 1. The number of ether oxygens (including phenoxy) is 2. The molecule has 4 nitrogen and oxygen atoms in total. The van der Waals surface area contributed by atoms with Gasteiger partial charge in [0, 0.05) is 12.1 Å². The van der Waals surface area contributed by atoms with Crippen molar-refractivity contribution in [1.82, 2.24) is 0 Å². The van der Waals surface area contributed by atoms with Gasteiger partial charge >= 0.3 is 0 Å². The first-order valence-corrected chi connectivity index (χ1v) is 10.3. The molecular formula is C24H24BrNO3. The summed E-state index contributed by atoms with van der Waals surface area (Å²) in [5.74, 6) is 1.53. The highest BCUT2D eigenvalue weighted by atomic mass is 79.9. The molecule has 0 saturated heterocycles. The van der Waals surface area contributed by atoms with Gasteiger partial charge in [-0.3, -0.25) is 4.79 Å². The molecule has 0 aromatic heterocycles. The van der Waals surface area contributed by atoms with E-state index in [1.54, 1.807) is 0 Å². The fourth-order valence-corrected chi connectivity index (χ4v) is 3.34. The lowest BCUT2D eigenvalue weighted by Gasteiger charge is -2.10. The van der Waals surface area contributed by atoms with Crippen LogP contribution < -0.4 is 14.8 Å². The second kappa shape index (κ2) is 10.7. The molecule has 5 heteroatoms. The lowest BCUT2D eigenvalue weighted by Crippen LogP contribution is -2.12. The maximum Gasteiger partial charge on any atom is 0.224 e. The van der Waals surface area contributed by atoms with Gasteiger partial charge in [0.05, 0.1) is 11.1 Å². The Bertz CT molecular complexity index is 927. The summed E-state index contributed by atoms with van der Waals surface area (Å²) in [6, 6.07) is 23.4. The highest BCUT2D eigenvalue weighted by Gasteiger charge is 2.05. The molecule has 0 spiro atoms. The molecule has 0 aliphatic heterocycles. The summed E-state index contributed by atoms with van der Waals surface area (Å²) in [7, 11) is 0. The zero-order chi connectivity index (χ0) is 20.5. The molecule has 0 aliphatic carbocycles. The molecule has 0 unspecified atom stereocenters. The van der Waals surface area contributed by atoms with Crippen LogP contribution in [0, 0.1) is 6.92 Å². The Labute approximate surface area is 180 Å². The van der Waals surface area contributed by atoms with E-state index in [1.807, 2.05) is 79.7 Å². The summed E-state index contributed by atoms with van der Waals surface area (Å²) in [5, 5.41) is 2.90. The number of anilines is 1. The van der Waals surface area contributed by atoms with Crippen molar-refractivity contribution in [2.75, 3.05) is 11.9 Å². The van der Waals surface area contributed by atoms with E-state index in [4.69, 9.17) is 9.47 Å². The maximum atomic E-state index is 12.1. The minimum atomic E-state index is -0.0328. The zero-order valence-electron chi connectivity index (χ0n) is 16.4. The second-order valence-corrected chi connectivity index (χ2v) is 7.59. The molecule has 0 atom stereocenters. The van der Waals surface area contributed by atoms with Crippen molar-refractivity contribution in [3.8, 4) is 11.5 Å². The van der Waals surface area contributed by atoms with Crippen LogP contribution in [-0.2, 0) is 11.4 Å². The molecule has 0 bridgehead atoms. The van der Waals surface area contributed by atoms with E-state index in [9.17, 15) is 4.79 Å². The highest BCUT2D eigenvalue weighted by Crippen LogP contribution is 2.26. The Morgan fingerprint density at radius 1 is 0.966 bits per heavy atom. The summed E-state index contributed by atoms with van der Waals surface area (Å²) in [5.41, 5.74) is 3.04. The normalized spacial score (nSPS) is 10.4. The molecular weight excluding hydrogens is 430 g/mol. The van der Waals surface area contributed by atoms with Gasteiger partial charge < -0.3 is 14.8 Å². The molecule has 0 heterocycles. The smallest absolute Gasteiger partial charge is 0.224 e. The number of nitrogens with one attached hydrogen (secondary N) is 1. The van der Waals surface area contributed by atoms with E-state index in [0.29, 0.717) is 26.1 Å². The van der Waals surface area contributed by atoms with Gasteiger partial charge in [-0.1, -0.05) is 36.4 Å². The fraction of sp³-hybridized carbons (Fsp3) is 0.208. The van der Waals surface area contributed by atoms with Crippen LogP contribution in [0.2, 0.25) is 0 Å². The third-order valence-electron chi connectivity index (χ3n) is 4.28. The lowest BCUT2D eigenvalue weighted by atomic mass is 10.2. The van der Waals surface area contributed by atoms with Crippen LogP contribution in [0.25, 0.3) is 0 Å².